The first-order valence-electron chi connectivity index (χ1n) is 7.96. The third-order valence-electron chi connectivity index (χ3n) is 5.11. The number of hydrogen-bond donors (Lipinski definition) is 1. The number of aliphatic hydroxyl groups excluding tert-OH is 1. The first-order chi connectivity index (χ1) is 11.2. The zero-order valence-electron chi connectivity index (χ0n) is 13.8. The van der Waals surface area contributed by atoms with Crippen molar-refractivity contribution in [1.82, 2.24) is 19.5 Å². The summed E-state index contributed by atoms with van der Waals surface area (Å²) >= 11 is 0. The number of rotatable bonds is 3. The van der Waals surface area contributed by atoms with Crippen molar-refractivity contribution in [3.8, 4) is 0 Å². The molecule has 2 aliphatic heterocycles. The summed E-state index contributed by atoms with van der Waals surface area (Å²) in [5.74, 6) is -0.174. The molecule has 3 heterocycles. The molecule has 10 heteroatoms. The van der Waals surface area contributed by atoms with Crippen LogP contribution in [0.15, 0.2) is 4.63 Å². The van der Waals surface area contributed by atoms with Gasteiger partial charge in [-0.25, -0.2) is 13.0 Å². The Kier molecular flexibility index (Phi) is 4.39. The first-order valence-corrected chi connectivity index (χ1v) is 9.80. The summed E-state index contributed by atoms with van der Waals surface area (Å²) in [5.41, 5.74) is 0.264. The maximum Gasteiger partial charge on any atom is 0.228 e. The van der Waals surface area contributed by atoms with Crippen molar-refractivity contribution in [3.63, 3.8) is 0 Å². The minimum atomic E-state index is -3.39. The van der Waals surface area contributed by atoms with E-state index in [1.165, 1.54) is 10.6 Å². The molecule has 2 saturated heterocycles. The largest absolute Gasteiger partial charge is 0.389 e. The number of likely N-dealkylation sites (tertiary alicyclic amines) is 1. The molecule has 2 fully saturated rings. The summed E-state index contributed by atoms with van der Waals surface area (Å²) in [6, 6.07) is 0. The second-order valence-electron chi connectivity index (χ2n) is 6.62. The molecule has 0 aromatic carbocycles. The van der Waals surface area contributed by atoms with Gasteiger partial charge >= 0.3 is 0 Å². The van der Waals surface area contributed by atoms with E-state index in [0.29, 0.717) is 37.3 Å². The van der Waals surface area contributed by atoms with Crippen molar-refractivity contribution >= 4 is 15.9 Å². The lowest BCUT2D eigenvalue weighted by molar-refractivity contribution is -0.137. The summed E-state index contributed by atoms with van der Waals surface area (Å²) in [6.07, 6.45) is 2.11. The van der Waals surface area contributed by atoms with E-state index in [1.54, 1.807) is 11.8 Å². The smallest absolute Gasteiger partial charge is 0.228 e. The second-order valence-corrected chi connectivity index (χ2v) is 8.53. The van der Waals surface area contributed by atoms with Crippen molar-refractivity contribution in [2.75, 3.05) is 25.9 Å². The highest BCUT2D eigenvalue weighted by atomic mass is 32.2. The lowest BCUT2D eigenvalue weighted by Gasteiger charge is -2.47. The molecular weight excluding hydrogens is 336 g/mol. The van der Waals surface area contributed by atoms with E-state index in [0.717, 1.165) is 6.42 Å². The molecule has 1 aromatic rings. The number of aryl methyl sites for hydroxylation is 1. The number of aliphatic hydroxyl groups is 1. The van der Waals surface area contributed by atoms with Crippen LogP contribution in [-0.4, -0.2) is 76.5 Å². The Morgan fingerprint density at radius 3 is 2.71 bits per heavy atom. The van der Waals surface area contributed by atoms with Crippen LogP contribution >= 0.6 is 0 Å². The Balaban J connectivity index is 1.71. The molecule has 134 valence electrons. The monoisotopic (exact) mass is 358 g/mol. The Labute approximate surface area is 140 Å². The number of carbonyl (C=O) groups is 1. The molecule has 0 aliphatic carbocycles. The van der Waals surface area contributed by atoms with Crippen LogP contribution in [-0.2, 0) is 21.2 Å². The van der Waals surface area contributed by atoms with E-state index >= 15 is 0 Å². The third-order valence-corrected chi connectivity index (χ3v) is 6.46. The van der Waals surface area contributed by atoms with Gasteiger partial charge in [-0.1, -0.05) is 10.3 Å². The van der Waals surface area contributed by atoms with Crippen molar-refractivity contribution < 1.29 is 22.9 Å². The lowest BCUT2D eigenvalue weighted by Crippen LogP contribution is -2.63. The van der Waals surface area contributed by atoms with Crippen LogP contribution < -0.4 is 0 Å². The van der Waals surface area contributed by atoms with Gasteiger partial charge in [-0.2, -0.15) is 4.31 Å². The Hall–Kier alpha value is -1.52. The molecule has 0 saturated carbocycles. The Bertz CT molecular complexity index is 733. The molecule has 2 aliphatic rings. The van der Waals surface area contributed by atoms with E-state index in [1.807, 2.05) is 0 Å². The number of carbonyl (C=O) groups excluding carboxylic acids is 1. The zero-order chi connectivity index (χ0) is 17.5. The number of amides is 1. The van der Waals surface area contributed by atoms with Crippen LogP contribution in [0.25, 0.3) is 0 Å². The quantitative estimate of drug-likeness (QED) is 0.760. The number of aromatic nitrogens is 2. The summed E-state index contributed by atoms with van der Waals surface area (Å²) < 4.78 is 30.1. The highest BCUT2D eigenvalue weighted by Crippen LogP contribution is 2.40. The molecule has 0 radical (unpaired) electrons. The van der Waals surface area contributed by atoms with Gasteiger partial charge in [0.1, 0.15) is 11.4 Å². The average molecular weight is 358 g/mol. The number of piperidine rings is 1. The highest BCUT2D eigenvalue weighted by molar-refractivity contribution is 7.88. The Morgan fingerprint density at radius 2 is 2.12 bits per heavy atom. The summed E-state index contributed by atoms with van der Waals surface area (Å²) in [6.45, 7) is 2.66. The number of β-amino-alcohol motifs (C(OH)–C–C–N with tert-alkyl or cyclic N) is 1. The predicted molar refractivity (Wildman–Crippen MR) is 83.5 cm³/mol. The molecule has 3 rings (SSSR count). The van der Waals surface area contributed by atoms with Crippen molar-refractivity contribution in [2.24, 2.45) is 0 Å². The van der Waals surface area contributed by atoms with Gasteiger partial charge in [-0.05, 0) is 26.2 Å². The summed E-state index contributed by atoms with van der Waals surface area (Å²) in [7, 11) is -3.39. The van der Waals surface area contributed by atoms with Crippen molar-refractivity contribution in [2.45, 2.75) is 44.2 Å². The van der Waals surface area contributed by atoms with Gasteiger partial charge in [0, 0.05) is 19.6 Å². The van der Waals surface area contributed by atoms with E-state index in [4.69, 9.17) is 0 Å². The van der Waals surface area contributed by atoms with Gasteiger partial charge < -0.3 is 10.0 Å². The topological polar surface area (TPSA) is 117 Å². The fourth-order valence-corrected chi connectivity index (χ4v) is 5.24. The minimum absolute atomic E-state index is 0.0604. The molecule has 1 N–H and O–H groups in total. The average Bonchev–Trinajstić information content (AvgIpc) is 3.09. The second kappa shape index (κ2) is 6.08. The predicted octanol–water partition coefficient (Wildman–Crippen LogP) is -0.692. The summed E-state index contributed by atoms with van der Waals surface area (Å²) in [5, 5.41) is 18.0. The molecular formula is C14H22N4O5S. The van der Waals surface area contributed by atoms with E-state index in [9.17, 15) is 18.3 Å². The zero-order valence-corrected chi connectivity index (χ0v) is 14.6. The van der Waals surface area contributed by atoms with Gasteiger partial charge in [0.05, 0.1) is 24.3 Å². The molecule has 0 bridgehead atoms. The van der Waals surface area contributed by atoms with Crippen LogP contribution in [0.5, 0.6) is 0 Å². The van der Waals surface area contributed by atoms with E-state index in [-0.39, 0.29) is 18.9 Å². The lowest BCUT2D eigenvalue weighted by atomic mass is 9.83. The van der Waals surface area contributed by atoms with Crippen LogP contribution in [0.4, 0.5) is 0 Å². The molecule has 1 amide bonds. The van der Waals surface area contributed by atoms with Gasteiger partial charge in [-0.15, -0.1) is 0 Å². The van der Waals surface area contributed by atoms with Crippen LogP contribution in [0, 0.1) is 6.92 Å². The number of hydrogen-bond acceptors (Lipinski definition) is 7. The standard InChI is InChI=1S/C14H22N4O5S/c1-10-11(16-23-15-10)8-13(20)17-7-5-14(12(19)9-17)4-3-6-18(14)24(2,21)22/h12,19H,3-9H2,1-2H3/t12-,14-/m0/s1. The highest BCUT2D eigenvalue weighted by Gasteiger charge is 2.53. The van der Waals surface area contributed by atoms with E-state index in [2.05, 4.69) is 14.9 Å². The number of nitrogens with zero attached hydrogens (tertiary/aromatic N) is 4. The van der Waals surface area contributed by atoms with Gasteiger partial charge in [0.25, 0.3) is 0 Å². The van der Waals surface area contributed by atoms with E-state index < -0.39 is 21.7 Å². The molecule has 2 atom stereocenters. The fourth-order valence-electron chi connectivity index (χ4n) is 3.81. The molecule has 9 nitrogen and oxygen atoms in total. The number of sulfonamides is 1. The molecule has 24 heavy (non-hydrogen) atoms. The van der Waals surface area contributed by atoms with Crippen molar-refractivity contribution in [3.05, 3.63) is 11.4 Å². The fraction of sp³-hybridized carbons (Fsp3) is 0.786. The van der Waals surface area contributed by atoms with Crippen molar-refractivity contribution in [1.29, 1.82) is 0 Å². The van der Waals surface area contributed by atoms with Gasteiger partial charge in [-0.3, -0.25) is 4.79 Å². The summed E-state index contributed by atoms with van der Waals surface area (Å²) in [4.78, 5) is 14.0. The molecule has 1 aromatic heterocycles. The molecule has 1 spiro atoms. The Morgan fingerprint density at radius 1 is 1.38 bits per heavy atom. The van der Waals surface area contributed by atoms with Gasteiger partial charge in [0.15, 0.2) is 0 Å². The van der Waals surface area contributed by atoms with Crippen LogP contribution in [0.2, 0.25) is 0 Å². The normalized spacial score (nSPS) is 28.6. The molecule has 0 unspecified atom stereocenters. The third kappa shape index (κ3) is 2.93. The SMILES string of the molecule is Cc1nonc1CC(=O)N1CC[C@@]2(CCCN2S(C)(=O)=O)[C@@H](O)C1. The maximum absolute atomic E-state index is 12.4. The van der Waals surface area contributed by atoms with Gasteiger partial charge in [0.2, 0.25) is 15.9 Å². The van der Waals surface area contributed by atoms with Crippen LogP contribution in [0.1, 0.15) is 30.7 Å². The maximum atomic E-state index is 12.4. The minimum Gasteiger partial charge on any atom is -0.389 e. The van der Waals surface area contributed by atoms with Crippen LogP contribution in [0.3, 0.4) is 0 Å². The first kappa shape index (κ1) is 17.3.